The number of benzene rings is 1. The van der Waals surface area contributed by atoms with E-state index in [2.05, 4.69) is 10.3 Å². The quantitative estimate of drug-likeness (QED) is 0.863. The first-order valence-corrected chi connectivity index (χ1v) is 5.67. The van der Waals surface area contributed by atoms with Crippen LogP contribution in [0, 0.1) is 12.9 Å². The Labute approximate surface area is 110 Å². The maximum atomic E-state index is 12.6. The molecule has 1 N–H and O–H groups in total. The van der Waals surface area contributed by atoms with Crippen LogP contribution >= 0.6 is 0 Å². The van der Waals surface area contributed by atoms with Crippen molar-refractivity contribution in [1.82, 2.24) is 4.98 Å². The molecule has 2 aromatic rings. The highest BCUT2D eigenvalue weighted by molar-refractivity contribution is 6.04. The lowest BCUT2D eigenvalue weighted by molar-refractivity contribution is 0.102. The fraction of sp³-hybridized carbons (Fsp3) is 0.143. The number of anilines is 1. The second kappa shape index (κ2) is 5.48. The van der Waals surface area contributed by atoms with Crippen LogP contribution in [0.5, 0.6) is 5.75 Å². The summed E-state index contributed by atoms with van der Waals surface area (Å²) in [6.45, 7) is 1.89. The number of hydrogen-bond acceptors (Lipinski definition) is 3. The number of aromatic nitrogens is 1. The fourth-order valence-corrected chi connectivity index (χ4v) is 1.61. The van der Waals surface area contributed by atoms with Crippen molar-refractivity contribution in [3.8, 4) is 5.75 Å². The molecule has 0 radical (unpaired) electrons. The van der Waals surface area contributed by atoms with E-state index in [0.29, 0.717) is 17.0 Å². The third-order valence-corrected chi connectivity index (χ3v) is 2.66. The Kier molecular flexibility index (Phi) is 3.75. The van der Waals surface area contributed by atoms with Gasteiger partial charge in [0.05, 0.1) is 19.0 Å². The highest BCUT2D eigenvalue weighted by atomic mass is 19.1. The molecule has 0 bridgehead atoms. The second-order valence-electron chi connectivity index (χ2n) is 4.01. The first-order chi connectivity index (χ1) is 9.10. The Balaban J connectivity index is 2.18. The Hall–Kier alpha value is -2.43. The standard InChI is InChI=1S/C14H13FN2O2/c1-9-3-4-10(7-12(9)19-2)14(18)17-11-5-6-13(15)16-8-11/h3-8H,1-2H3,(H,17,18). The van der Waals surface area contributed by atoms with Crippen LogP contribution in [-0.4, -0.2) is 18.0 Å². The molecule has 0 atom stereocenters. The monoisotopic (exact) mass is 260 g/mol. The van der Waals surface area contributed by atoms with Gasteiger partial charge in [0.25, 0.3) is 5.91 Å². The molecule has 0 aliphatic heterocycles. The highest BCUT2D eigenvalue weighted by Gasteiger charge is 2.09. The van der Waals surface area contributed by atoms with Crippen LogP contribution in [0.1, 0.15) is 15.9 Å². The van der Waals surface area contributed by atoms with E-state index in [-0.39, 0.29) is 5.91 Å². The first-order valence-electron chi connectivity index (χ1n) is 5.67. The van der Waals surface area contributed by atoms with Gasteiger partial charge in [-0.1, -0.05) is 6.07 Å². The van der Waals surface area contributed by atoms with Gasteiger partial charge in [-0.05, 0) is 36.8 Å². The van der Waals surface area contributed by atoms with Crippen molar-refractivity contribution in [1.29, 1.82) is 0 Å². The molecule has 0 fully saturated rings. The molecule has 19 heavy (non-hydrogen) atoms. The lowest BCUT2D eigenvalue weighted by Crippen LogP contribution is -2.12. The van der Waals surface area contributed by atoms with Crippen LogP contribution in [0.25, 0.3) is 0 Å². The van der Waals surface area contributed by atoms with Gasteiger partial charge >= 0.3 is 0 Å². The van der Waals surface area contributed by atoms with Crippen LogP contribution in [-0.2, 0) is 0 Å². The number of nitrogens with one attached hydrogen (secondary N) is 1. The molecule has 98 valence electrons. The van der Waals surface area contributed by atoms with E-state index in [1.807, 2.05) is 6.92 Å². The second-order valence-corrected chi connectivity index (χ2v) is 4.01. The predicted molar refractivity (Wildman–Crippen MR) is 69.9 cm³/mol. The summed E-state index contributed by atoms with van der Waals surface area (Å²) in [6.07, 6.45) is 1.26. The number of aryl methyl sites for hydroxylation is 1. The summed E-state index contributed by atoms with van der Waals surface area (Å²) in [4.78, 5) is 15.5. The summed E-state index contributed by atoms with van der Waals surface area (Å²) in [5.74, 6) is -0.244. The molecule has 0 aliphatic carbocycles. The molecule has 0 aliphatic rings. The molecule has 1 amide bonds. The molecule has 5 heteroatoms. The Morgan fingerprint density at radius 2 is 2.11 bits per heavy atom. The number of amides is 1. The molecule has 0 unspecified atom stereocenters. The zero-order valence-electron chi connectivity index (χ0n) is 10.6. The van der Waals surface area contributed by atoms with Crippen molar-refractivity contribution in [3.63, 3.8) is 0 Å². The molecule has 1 heterocycles. The van der Waals surface area contributed by atoms with Crippen molar-refractivity contribution in [2.75, 3.05) is 12.4 Å². The van der Waals surface area contributed by atoms with Gasteiger partial charge in [-0.2, -0.15) is 4.39 Å². The Morgan fingerprint density at radius 3 is 2.74 bits per heavy atom. The van der Waals surface area contributed by atoms with Gasteiger partial charge < -0.3 is 10.1 Å². The van der Waals surface area contributed by atoms with E-state index in [4.69, 9.17) is 4.74 Å². The van der Waals surface area contributed by atoms with Gasteiger partial charge in [-0.25, -0.2) is 4.98 Å². The van der Waals surface area contributed by atoms with Crippen LogP contribution in [0.2, 0.25) is 0 Å². The SMILES string of the molecule is COc1cc(C(=O)Nc2ccc(F)nc2)ccc1C. The van der Waals surface area contributed by atoms with Gasteiger partial charge in [0.2, 0.25) is 5.95 Å². The topological polar surface area (TPSA) is 51.2 Å². The van der Waals surface area contributed by atoms with E-state index >= 15 is 0 Å². The summed E-state index contributed by atoms with van der Waals surface area (Å²) >= 11 is 0. The van der Waals surface area contributed by atoms with E-state index in [1.54, 1.807) is 25.3 Å². The number of hydrogen-bond donors (Lipinski definition) is 1. The average molecular weight is 260 g/mol. The largest absolute Gasteiger partial charge is 0.496 e. The number of pyridine rings is 1. The van der Waals surface area contributed by atoms with Crippen molar-refractivity contribution in [2.45, 2.75) is 6.92 Å². The number of ether oxygens (including phenoxy) is 1. The molecule has 0 spiro atoms. The predicted octanol–water partition coefficient (Wildman–Crippen LogP) is 2.79. The maximum Gasteiger partial charge on any atom is 0.255 e. The minimum absolute atomic E-state index is 0.299. The van der Waals surface area contributed by atoms with Gasteiger partial charge in [0, 0.05) is 5.56 Å². The molecule has 0 saturated carbocycles. The van der Waals surface area contributed by atoms with Gasteiger partial charge in [0.1, 0.15) is 5.75 Å². The zero-order chi connectivity index (χ0) is 13.8. The maximum absolute atomic E-state index is 12.6. The lowest BCUT2D eigenvalue weighted by Gasteiger charge is -2.08. The van der Waals surface area contributed by atoms with Crippen molar-refractivity contribution in [2.24, 2.45) is 0 Å². The minimum atomic E-state index is -0.588. The molecule has 1 aromatic heterocycles. The number of carbonyl (C=O) groups is 1. The Morgan fingerprint density at radius 1 is 1.32 bits per heavy atom. The first kappa shape index (κ1) is 13.0. The zero-order valence-corrected chi connectivity index (χ0v) is 10.6. The van der Waals surface area contributed by atoms with Crippen molar-refractivity contribution in [3.05, 3.63) is 53.6 Å². The van der Waals surface area contributed by atoms with Crippen LogP contribution in [0.15, 0.2) is 36.5 Å². The summed E-state index contributed by atoms with van der Waals surface area (Å²) in [5, 5.41) is 2.63. The smallest absolute Gasteiger partial charge is 0.255 e. The normalized spacial score (nSPS) is 10.1. The highest BCUT2D eigenvalue weighted by Crippen LogP contribution is 2.19. The summed E-state index contributed by atoms with van der Waals surface area (Å²) < 4.78 is 17.8. The van der Waals surface area contributed by atoms with E-state index < -0.39 is 5.95 Å². The summed E-state index contributed by atoms with van der Waals surface area (Å²) in [7, 11) is 1.55. The molecule has 1 aromatic carbocycles. The van der Waals surface area contributed by atoms with Crippen molar-refractivity contribution >= 4 is 11.6 Å². The third-order valence-electron chi connectivity index (χ3n) is 2.66. The number of methoxy groups -OCH3 is 1. The fourth-order valence-electron chi connectivity index (χ4n) is 1.61. The number of carbonyl (C=O) groups excluding carboxylic acids is 1. The number of rotatable bonds is 3. The van der Waals surface area contributed by atoms with E-state index in [1.165, 1.54) is 18.3 Å². The minimum Gasteiger partial charge on any atom is -0.496 e. The number of halogens is 1. The summed E-state index contributed by atoms with van der Waals surface area (Å²) in [6, 6.07) is 7.79. The van der Waals surface area contributed by atoms with Gasteiger partial charge in [-0.3, -0.25) is 4.79 Å². The van der Waals surface area contributed by atoms with Crippen LogP contribution in [0.3, 0.4) is 0 Å². The Bertz CT molecular complexity index is 597. The van der Waals surface area contributed by atoms with Crippen LogP contribution < -0.4 is 10.1 Å². The van der Waals surface area contributed by atoms with E-state index in [9.17, 15) is 9.18 Å². The van der Waals surface area contributed by atoms with Gasteiger partial charge in [0.15, 0.2) is 0 Å². The van der Waals surface area contributed by atoms with E-state index in [0.717, 1.165) is 5.56 Å². The summed E-state index contributed by atoms with van der Waals surface area (Å²) in [5.41, 5.74) is 1.85. The van der Waals surface area contributed by atoms with Crippen LogP contribution in [0.4, 0.5) is 10.1 Å². The number of nitrogens with zero attached hydrogens (tertiary/aromatic N) is 1. The van der Waals surface area contributed by atoms with Gasteiger partial charge in [-0.15, -0.1) is 0 Å². The lowest BCUT2D eigenvalue weighted by atomic mass is 10.1. The molecule has 0 saturated heterocycles. The molecule has 4 nitrogen and oxygen atoms in total. The average Bonchev–Trinajstić information content (AvgIpc) is 2.42. The molecular weight excluding hydrogens is 247 g/mol. The van der Waals surface area contributed by atoms with Crippen molar-refractivity contribution < 1.29 is 13.9 Å². The third kappa shape index (κ3) is 3.07. The molecular formula is C14H13FN2O2. The molecule has 2 rings (SSSR count).